The molecule has 7 aromatic rings. The topological polar surface area (TPSA) is 43.0 Å². The van der Waals surface area contributed by atoms with Gasteiger partial charge < -0.3 is 0 Å². The fraction of sp³-hybridized carbons (Fsp3) is 0.0698. The molecule has 0 unspecified atom stereocenters. The van der Waals surface area contributed by atoms with E-state index in [2.05, 4.69) is 91.5 Å². The van der Waals surface area contributed by atoms with Crippen LogP contribution in [-0.4, -0.2) is 15.0 Å². The fourth-order valence-electron chi connectivity index (χ4n) is 6.67. The summed E-state index contributed by atoms with van der Waals surface area (Å²) in [6.45, 7) is 12.2. The van der Waals surface area contributed by atoms with Gasteiger partial charge in [-0.25, -0.2) is 19.8 Å². The smallest absolute Gasteiger partial charge is 0.195 e. The van der Waals surface area contributed by atoms with Crippen LogP contribution in [0.25, 0.3) is 72.4 Å². The van der Waals surface area contributed by atoms with Gasteiger partial charge in [0.2, 0.25) is 0 Å². The van der Waals surface area contributed by atoms with Crippen molar-refractivity contribution in [2.24, 2.45) is 0 Å². The third kappa shape index (κ3) is 4.99. The van der Waals surface area contributed by atoms with Crippen LogP contribution in [0.5, 0.6) is 0 Å². The van der Waals surface area contributed by atoms with E-state index in [0.29, 0.717) is 17.5 Å². The Bertz CT molecular complexity index is 2260. The van der Waals surface area contributed by atoms with Crippen LogP contribution in [0.4, 0.5) is 5.69 Å². The molecule has 47 heavy (non-hydrogen) atoms. The average Bonchev–Trinajstić information content (AvgIpc) is 3.38. The van der Waals surface area contributed by atoms with Gasteiger partial charge in [0.15, 0.2) is 23.2 Å². The SMILES string of the molecule is [C-]#[N+]c1cccc2c1-c1ccc(-c3cccc(-c4ccc(-c5nc(-c6ccccc6)nc(-c6ccccc6)n5)cc4)c3)cc1C2(C)C. The van der Waals surface area contributed by atoms with Gasteiger partial charge in [0.1, 0.15) is 0 Å². The zero-order valence-corrected chi connectivity index (χ0v) is 26.1. The molecule has 0 bridgehead atoms. The van der Waals surface area contributed by atoms with E-state index in [9.17, 15) is 0 Å². The molecule has 0 saturated carbocycles. The molecule has 0 aliphatic heterocycles. The number of fused-ring (bicyclic) bond motifs is 3. The maximum Gasteiger partial charge on any atom is 0.195 e. The predicted octanol–water partition coefficient (Wildman–Crippen LogP) is 11.1. The molecule has 0 fully saturated rings. The van der Waals surface area contributed by atoms with Crippen molar-refractivity contribution in [1.82, 2.24) is 15.0 Å². The Hall–Kier alpha value is -6.18. The van der Waals surface area contributed by atoms with Crippen LogP contribution >= 0.6 is 0 Å². The summed E-state index contributed by atoms with van der Waals surface area (Å²) in [5.41, 5.74) is 12.7. The van der Waals surface area contributed by atoms with Gasteiger partial charge in [0, 0.05) is 22.1 Å². The monoisotopic (exact) mass is 602 g/mol. The molecule has 1 aliphatic carbocycles. The molecule has 4 heteroatoms. The lowest BCUT2D eigenvalue weighted by molar-refractivity contribution is 0.661. The van der Waals surface area contributed by atoms with Crippen molar-refractivity contribution in [3.63, 3.8) is 0 Å². The first-order chi connectivity index (χ1) is 23.0. The van der Waals surface area contributed by atoms with E-state index >= 15 is 0 Å². The highest BCUT2D eigenvalue weighted by molar-refractivity contribution is 5.91. The summed E-state index contributed by atoms with van der Waals surface area (Å²) >= 11 is 0. The number of benzene rings is 6. The Labute approximate surface area is 274 Å². The van der Waals surface area contributed by atoms with Gasteiger partial charge in [0.05, 0.1) is 6.57 Å². The second kappa shape index (κ2) is 11.3. The van der Waals surface area contributed by atoms with Gasteiger partial charge in [-0.15, -0.1) is 0 Å². The normalized spacial score (nSPS) is 12.6. The highest BCUT2D eigenvalue weighted by Gasteiger charge is 2.36. The van der Waals surface area contributed by atoms with Gasteiger partial charge in [-0.05, 0) is 56.6 Å². The molecule has 8 rings (SSSR count). The summed E-state index contributed by atoms with van der Waals surface area (Å²) in [7, 11) is 0. The molecule has 0 amide bonds. The van der Waals surface area contributed by atoms with E-state index in [-0.39, 0.29) is 5.41 Å². The standard InChI is InChI=1S/C43H30N4/c1-43(2)36-18-11-19-38(44-3)39(36)35-25-24-34(27-37(35)43)33-17-10-16-32(26-33)28-20-22-31(23-21-28)42-46-40(29-12-6-4-7-13-29)45-41(47-42)30-14-8-5-9-15-30/h4-27H,1-2H3. The van der Waals surface area contributed by atoms with Crippen LogP contribution in [-0.2, 0) is 5.41 Å². The van der Waals surface area contributed by atoms with Crippen molar-refractivity contribution in [2.45, 2.75) is 19.3 Å². The molecule has 6 aromatic carbocycles. The van der Waals surface area contributed by atoms with Crippen molar-refractivity contribution < 1.29 is 0 Å². The molecule has 0 atom stereocenters. The first-order valence-corrected chi connectivity index (χ1v) is 15.7. The molecular weight excluding hydrogens is 573 g/mol. The lowest BCUT2D eigenvalue weighted by atomic mass is 9.81. The summed E-state index contributed by atoms with van der Waals surface area (Å²) in [5, 5.41) is 0. The molecule has 0 radical (unpaired) electrons. The first kappa shape index (κ1) is 28.3. The molecule has 0 spiro atoms. The quantitative estimate of drug-likeness (QED) is 0.184. The van der Waals surface area contributed by atoms with Crippen molar-refractivity contribution in [3.8, 4) is 67.5 Å². The number of aromatic nitrogens is 3. The molecule has 222 valence electrons. The summed E-state index contributed by atoms with van der Waals surface area (Å²) in [4.78, 5) is 18.4. The van der Waals surface area contributed by atoms with Crippen molar-refractivity contribution in [1.29, 1.82) is 0 Å². The zero-order chi connectivity index (χ0) is 32.0. The van der Waals surface area contributed by atoms with E-state index in [1.165, 1.54) is 16.7 Å². The van der Waals surface area contributed by atoms with E-state index < -0.39 is 0 Å². The van der Waals surface area contributed by atoms with Crippen LogP contribution in [0.1, 0.15) is 25.0 Å². The molecular formula is C43H30N4. The summed E-state index contributed by atoms with van der Waals surface area (Å²) in [6.07, 6.45) is 0. The third-order valence-electron chi connectivity index (χ3n) is 9.17. The fourth-order valence-corrected chi connectivity index (χ4v) is 6.67. The van der Waals surface area contributed by atoms with Gasteiger partial charge in [-0.2, -0.15) is 0 Å². The van der Waals surface area contributed by atoms with Gasteiger partial charge in [0.25, 0.3) is 0 Å². The van der Waals surface area contributed by atoms with Crippen molar-refractivity contribution in [2.75, 3.05) is 0 Å². The molecule has 0 N–H and O–H groups in total. The third-order valence-corrected chi connectivity index (χ3v) is 9.17. The van der Waals surface area contributed by atoms with Crippen LogP contribution in [0.2, 0.25) is 0 Å². The van der Waals surface area contributed by atoms with Crippen LogP contribution in [0.3, 0.4) is 0 Å². The van der Waals surface area contributed by atoms with E-state index in [1.807, 2.05) is 72.8 Å². The Morgan fingerprint density at radius 1 is 0.447 bits per heavy atom. The Morgan fingerprint density at radius 2 is 0.915 bits per heavy atom. The summed E-state index contributed by atoms with van der Waals surface area (Å²) in [6, 6.07) is 50.0. The zero-order valence-electron chi connectivity index (χ0n) is 26.1. The maximum absolute atomic E-state index is 7.73. The highest BCUT2D eigenvalue weighted by Crippen LogP contribution is 2.53. The molecule has 4 nitrogen and oxygen atoms in total. The minimum Gasteiger partial charge on any atom is -0.238 e. The summed E-state index contributed by atoms with van der Waals surface area (Å²) in [5.74, 6) is 1.94. The predicted molar refractivity (Wildman–Crippen MR) is 191 cm³/mol. The van der Waals surface area contributed by atoms with Crippen molar-refractivity contribution >= 4 is 5.69 Å². The Balaban J connectivity index is 1.14. The number of nitrogens with zero attached hydrogens (tertiary/aromatic N) is 4. The molecule has 1 heterocycles. The maximum atomic E-state index is 7.73. The highest BCUT2D eigenvalue weighted by atomic mass is 15.0. The lowest BCUT2D eigenvalue weighted by Gasteiger charge is -2.22. The second-order valence-electron chi connectivity index (χ2n) is 12.4. The minimum absolute atomic E-state index is 0.176. The first-order valence-electron chi connectivity index (χ1n) is 15.7. The van der Waals surface area contributed by atoms with E-state index in [4.69, 9.17) is 21.5 Å². The number of rotatable bonds is 5. The lowest BCUT2D eigenvalue weighted by Crippen LogP contribution is -2.14. The van der Waals surface area contributed by atoms with Gasteiger partial charge in [-0.3, -0.25) is 0 Å². The van der Waals surface area contributed by atoms with Crippen LogP contribution in [0, 0.1) is 6.57 Å². The van der Waals surface area contributed by atoms with Crippen LogP contribution in [0.15, 0.2) is 146 Å². The van der Waals surface area contributed by atoms with Crippen LogP contribution < -0.4 is 0 Å². The molecule has 1 aromatic heterocycles. The number of hydrogen-bond donors (Lipinski definition) is 0. The largest absolute Gasteiger partial charge is 0.238 e. The molecule has 1 aliphatic rings. The summed E-state index contributed by atoms with van der Waals surface area (Å²) < 4.78 is 0. The Morgan fingerprint density at radius 3 is 1.51 bits per heavy atom. The van der Waals surface area contributed by atoms with Crippen molar-refractivity contribution in [3.05, 3.63) is 168 Å². The number of hydrogen-bond acceptors (Lipinski definition) is 3. The minimum atomic E-state index is -0.176. The van der Waals surface area contributed by atoms with E-state index in [0.717, 1.165) is 50.2 Å². The second-order valence-corrected chi connectivity index (χ2v) is 12.4. The average molecular weight is 603 g/mol. The van der Waals surface area contributed by atoms with Gasteiger partial charge >= 0.3 is 0 Å². The Kier molecular flexibility index (Phi) is 6.82. The van der Waals surface area contributed by atoms with Gasteiger partial charge in [-0.1, -0.05) is 147 Å². The molecule has 0 saturated heterocycles. The van der Waals surface area contributed by atoms with E-state index in [1.54, 1.807) is 0 Å².